The molecule has 3 heteroatoms. The Morgan fingerprint density at radius 3 is 1.95 bits per heavy atom. The van der Waals surface area contributed by atoms with Gasteiger partial charge < -0.3 is 9.13 Å². The Kier molecular flexibility index (Phi) is 7.26. The monoisotopic (exact) mass is 744 g/mol. The average molecular weight is 745 g/mol. The first-order valence-corrected chi connectivity index (χ1v) is 20.6. The van der Waals surface area contributed by atoms with Crippen LogP contribution in [0.2, 0.25) is 0 Å². The molecule has 1 unspecified atom stereocenters. The van der Waals surface area contributed by atoms with E-state index in [0.29, 0.717) is 5.92 Å². The largest absolute Gasteiger partial charge is 0.309 e. The fraction of sp³-hybridized carbons (Fsp3) is 0.0370. The number of allylic oxidation sites excluding steroid dienone is 4. The number of hydrogen-bond donors (Lipinski definition) is 0. The second-order valence-corrected chi connectivity index (χ2v) is 16.3. The molecule has 1 aliphatic rings. The molecule has 0 spiro atoms. The summed E-state index contributed by atoms with van der Waals surface area (Å²) in [6.45, 7) is 0. The Morgan fingerprint density at radius 1 is 0.456 bits per heavy atom. The zero-order valence-corrected chi connectivity index (χ0v) is 32.0. The number of rotatable bonds is 5. The van der Waals surface area contributed by atoms with Gasteiger partial charge in [0, 0.05) is 64.6 Å². The van der Waals surface area contributed by atoms with Crippen molar-refractivity contribution in [1.82, 2.24) is 9.13 Å². The molecule has 8 aromatic carbocycles. The zero-order valence-electron chi connectivity index (χ0n) is 31.1. The van der Waals surface area contributed by atoms with Crippen LogP contribution < -0.4 is 0 Å². The smallest absolute Gasteiger partial charge is 0.0634 e. The third-order valence-corrected chi connectivity index (χ3v) is 13.2. The summed E-state index contributed by atoms with van der Waals surface area (Å²) in [7, 11) is 0. The maximum atomic E-state index is 2.53. The summed E-state index contributed by atoms with van der Waals surface area (Å²) in [6, 6.07) is 65.2. The molecule has 0 aliphatic heterocycles. The second-order valence-electron chi connectivity index (χ2n) is 15.2. The third-order valence-electron chi connectivity index (χ3n) is 12.0. The minimum atomic E-state index is 0.381. The summed E-state index contributed by atoms with van der Waals surface area (Å²) < 4.78 is 7.58. The highest BCUT2D eigenvalue weighted by molar-refractivity contribution is 7.26. The molecule has 12 rings (SSSR count). The van der Waals surface area contributed by atoms with E-state index >= 15 is 0 Å². The average Bonchev–Trinajstić information content (AvgIpc) is 3.94. The molecule has 0 N–H and O–H groups in total. The Bertz CT molecular complexity index is 3430. The fourth-order valence-corrected chi connectivity index (χ4v) is 10.6. The van der Waals surface area contributed by atoms with E-state index in [1.54, 1.807) is 0 Å². The normalized spacial score (nSPS) is 14.3. The summed E-state index contributed by atoms with van der Waals surface area (Å²) in [5.41, 5.74) is 13.6. The summed E-state index contributed by atoms with van der Waals surface area (Å²) in [5.74, 6) is 0.381. The molecule has 57 heavy (non-hydrogen) atoms. The van der Waals surface area contributed by atoms with Crippen LogP contribution in [0.3, 0.4) is 0 Å². The molecule has 0 saturated carbocycles. The third kappa shape index (κ3) is 5.02. The van der Waals surface area contributed by atoms with Crippen molar-refractivity contribution in [2.24, 2.45) is 0 Å². The van der Waals surface area contributed by atoms with Gasteiger partial charge in [-0.1, -0.05) is 140 Å². The van der Waals surface area contributed by atoms with Crippen molar-refractivity contribution in [3.05, 3.63) is 206 Å². The van der Waals surface area contributed by atoms with Crippen molar-refractivity contribution in [3.63, 3.8) is 0 Å². The summed E-state index contributed by atoms with van der Waals surface area (Å²) in [5, 5.41) is 7.70. The van der Waals surface area contributed by atoms with Crippen LogP contribution in [0.25, 0.3) is 97.4 Å². The van der Waals surface area contributed by atoms with Crippen LogP contribution in [0, 0.1) is 0 Å². The molecule has 0 radical (unpaired) electrons. The number of benzene rings is 8. The van der Waals surface area contributed by atoms with E-state index in [4.69, 9.17) is 0 Å². The Morgan fingerprint density at radius 2 is 1.14 bits per heavy atom. The van der Waals surface area contributed by atoms with Gasteiger partial charge in [-0.25, -0.2) is 0 Å². The maximum absolute atomic E-state index is 2.53. The number of para-hydroxylation sites is 2. The van der Waals surface area contributed by atoms with E-state index in [1.165, 1.54) is 97.3 Å². The van der Waals surface area contributed by atoms with E-state index in [0.717, 1.165) is 12.1 Å². The molecule has 3 aromatic heterocycles. The van der Waals surface area contributed by atoms with Crippen LogP contribution >= 0.6 is 11.3 Å². The summed E-state index contributed by atoms with van der Waals surface area (Å²) in [6.07, 6.45) is 9.97. The fourth-order valence-electron chi connectivity index (χ4n) is 9.39. The molecule has 1 atom stereocenters. The van der Waals surface area contributed by atoms with Crippen molar-refractivity contribution in [2.75, 3.05) is 0 Å². The maximum Gasteiger partial charge on any atom is 0.0634 e. The van der Waals surface area contributed by atoms with E-state index in [-0.39, 0.29) is 0 Å². The van der Waals surface area contributed by atoms with Crippen molar-refractivity contribution in [1.29, 1.82) is 0 Å². The lowest BCUT2D eigenvalue weighted by Gasteiger charge is -2.16. The van der Waals surface area contributed by atoms with Crippen LogP contribution in [0.15, 0.2) is 200 Å². The van der Waals surface area contributed by atoms with Gasteiger partial charge in [-0.3, -0.25) is 0 Å². The Hall–Kier alpha value is -6.94. The lowest BCUT2D eigenvalue weighted by Crippen LogP contribution is -2.00. The van der Waals surface area contributed by atoms with Gasteiger partial charge >= 0.3 is 0 Å². The van der Waals surface area contributed by atoms with Gasteiger partial charge in [0.25, 0.3) is 0 Å². The van der Waals surface area contributed by atoms with Crippen molar-refractivity contribution >= 4 is 75.1 Å². The van der Waals surface area contributed by atoms with E-state index in [1.807, 2.05) is 11.3 Å². The summed E-state index contributed by atoms with van der Waals surface area (Å²) in [4.78, 5) is 0. The highest BCUT2D eigenvalue weighted by Gasteiger charge is 2.23. The molecule has 0 fully saturated rings. The number of hydrogen-bond acceptors (Lipinski definition) is 1. The minimum Gasteiger partial charge on any atom is -0.309 e. The number of fused-ring (bicyclic) bond motifs is 10. The number of aromatic nitrogens is 2. The highest BCUT2D eigenvalue weighted by Crippen LogP contribution is 2.48. The lowest BCUT2D eigenvalue weighted by molar-refractivity contribution is 0.852. The SMILES string of the molecule is C1=CCC(c2cccc(-n3c4ccccc4c4cc(-c5ccc6c(c5)c5ccccc5n6-c5ccc(-c6ccccc6)cc5)c5sc6ccccc6c5c43)c2)C=C1. The van der Waals surface area contributed by atoms with Crippen molar-refractivity contribution < 1.29 is 0 Å². The van der Waals surface area contributed by atoms with Gasteiger partial charge in [-0.15, -0.1) is 11.3 Å². The first kappa shape index (κ1) is 32.3. The molecule has 3 heterocycles. The topological polar surface area (TPSA) is 9.86 Å². The van der Waals surface area contributed by atoms with Gasteiger partial charge in [0.05, 0.1) is 22.1 Å². The summed E-state index contributed by atoms with van der Waals surface area (Å²) >= 11 is 1.91. The molecular weight excluding hydrogens is 709 g/mol. The predicted molar refractivity (Wildman–Crippen MR) is 245 cm³/mol. The molecule has 268 valence electrons. The van der Waals surface area contributed by atoms with Gasteiger partial charge in [0.1, 0.15) is 0 Å². The zero-order chi connectivity index (χ0) is 37.5. The van der Waals surface area contributed by atoms with Gasteiger partial charge in [-0.05, 0) is 89.3 Å². The standard InChI is InChI=1S/C54H36N2S/c1-3-14-35(15-4-1)37-26-29-40(30-27-37)55-48-23-10-7-20-42(48)46-33-39(28-31-50(46)55)45-34-47-43-21-8-11-24-49(43)56(41-19-13-18-38(32-41)36-16-5-2-6-17-36)53(47)52-44-22-9-12-25-51(44)57-54(45)52/h1-16,18-34,36H,17H2. The second kappa shape index (κ2) is 12.8. The van der Waals surface area contributed by atoms with E-state index in [9.17, 15) is 0 Å². The van der Waals surface area contributed by atoms with Gasteiger partial charge in [0.15, 0.2) is 0 Å². The van der Waals surface area contributed by atoms with E-state index in [2.05, 4.69) is 209 Å². The van der Waals surface area contributed by atoms with Crippen LogP contribution in [0.5, 0.6) is 0 Å². The molecule has 0 amide bonds. The van der Waals surface area contributed by atoms with Crippen LogP contribution in [0.4, 0.5) is 0 Å². The van der Waals surface area contributed by atoms with Crippen molar-refractivity contribution in [3.8, 4) is 33.6 Å². The quantitative estimate of drug-likeness (QED) is 0.166. The first-order chi connectivity index (χ1) is 28.3. The minimum absolute atomic E-state index is 0.381. The first-order valence-electron chi connectivity index (χ1n) is 19.8. The lowest BCUT2D eigenvalue weighted by atomic mass is 9.92. The highest BCUT2D eigenvalue weighted by atomic mass is 32.1. The van der Waals surface area contributed by atoms with Crippen LogP contribution in [-0.4, -0.2) is 9.13 Å². The molecule has 2 nitrogen and oxygen atoms in total. The van der Waals surface area contributed by atoms with Crippen LogP contribution in [-0.2, 0) is 0 Å². The molecule has 0 saturated heterocycles. The predicted octanol–water partition coefficient (Wildman–Crippen LogP) is 15.2. The number of thiophene rings is 1. The Balaban J connectivity index is 1.10. The van der Waals surface area contributed by atoms with Gasteiger partial charge in [0.2, 0.25) is 0 Å². The molecule has 1 aliphatic carbocycles. The van der Waals surface area contributed by atoms with E-state index < -0.39 is 0 Å². The molecule has 0 bridgehead atoms. The van der Waals surface area contributed by atoms with Gasteiger partial charge in [-0.2, -0.15) is 0 Å². The molecular formula is C54H36N2S. The molecule has 11 aromatic rings. The Labute approximate surface area is 334 Å². The van der Waals surface area contributed by atoms with Crippen molar-refractivity contribution in [2.45, 2.75) is 12.3 Å². The van der Waals surface area contributed by atoms with Crippen LogP contribution in [0.1, 0.15) is 17.9 Å². The number of nitrogens with zero attached hydrogens (tertiary/aromatic N) is 2.